The zero-order valence-electron chi connectivity index (χ0n) is 19.2. The van der Waals surface area contributed by atoms with E-state index in [1.54, 1.807) is 0 Å². The Balaban J connectivity index is 1.97. The van der Waals surface area contributed by atoms with Gasteiger partial charge in [-0.15, -0.1) is 0 Å². The van der Waals surface area contributed by atoms with Gasteiger partial charge in [0.25, 0.3) is 8.32 Å². The minimum atomic E-state index is -2.70. The number of hydrogen-bond donors (Lipinski definition) is 1. The van der Waals surface area contributed by atoms with E-state index in [4.69, 9.17) is 9.16 Å². The first-order chi connectivity index (χ1) is 14.6. The van der Waals surface area contributed by atoms with E-state index in [2.05, 4.69) is 69.3 Å². The number of carbonyl (C=O) groups is 1. The lowest BCUT2D eigenvalue weighted by Gasteiger charge is -2.43. The number of likely N-dealkylation sites (tertiary alicyclic amines) is 1. The van der Waals surface area contributed by atoms with Crippen LogP contribution < -0.4 is 10.4 Å². The van der Waals surface area contributed by atoms with Gasteiger partial charge in [-0.05, 0) is 35.7 Å². The number of carboxylic acid groups (broad SMARTS) is 1. The van der Waals surface area contributed by atoms with Gasteiger partial charge in [-0.3, -0.25) is 0 Å². The van der Waals surface area contributed by atoms with E-state index in [0.717, 1.165) is 0 Å². The van der Waals surface area contributed by atoms with Crippen LogP contribution in [-0.4, -0.2) is 55.8 Å². The molecule has 0 aliphatic carbocycles. The zero-order chi connectivity index (χ0) is 22.6. The molecule has 1 heterocycles. The molecule has 31 heavy (non-hydrogen) atoms. The van der Waals surface area contributed by atoms with Crippen LogP contribution >= 0.6 is 0 Å². The lowest BCUT2D eigenvalue weighted by atomic mass is 10.2. The molecule has 0 saturated carbocycles. The number of benzene rings is 2. The Bertz CT molecular complexity index is 811. The topological polar surface area (TPSA) is 59.0 Å². The summed E-state index contributed by atoms with van der Waals surface area (Å²) in [5.74, 6) is 0. The summed E-state index contributed by atoms with van der Waals surface area (Å²) in [5.41, 5.74) is 0. The fourth-order valence-electron chi connectivity index (χ4n) is 4.73. The van der Waals surface area contributed by atoms with Crippen molar-refractivity contribution in [3.8, 4) is 0 Å². The van der Waals surface area contributed by atoms with Crippen molar-refractivity contribution in [1.82, 2.24) is 4.90 Å². The Morgan fingerprint density at radius 2 is 1.58 bits per heavy atom. The van der Waals surface area contributed by atoms with Crippen LogP contribution in [0.4, 0.5) is 4.79 Å². The van der Waals surface area contributed by atoms with Gasteiger partial charge in [-0.2, -0.15) is 0 Å². The van der Waals surface area contributed by atoms with E-state index in [1.165, 1.54) is 15.3 Å². The van der Waals surface area contributed by atoms with Gasteiger partial charge < -0.3 is 19.2 Å². The third-order valence-electron chi connectivity index (χ3n) is 6.00. The summed E-state index contributed by atoms with van der Waals surface area (Å²) in [6, 6.07) is 20.7. The number of rotatable bonds is 7. The molecule has 0 radical (unpaired) electrons. The molecule has 1 aliphatic rings. The van der Waals surface area contributed by atoms with Crippen LogP contribution in [0.15, 0.2) is 60.7 Å². The van der Waals surface area contributed by atoms with Gasteiger partial charge in [-0.1, -0.05) is 81.4 Å². The molecule has 6 heteroatoms. The van der Waals surface area contributed by atoms with Gasteiger partial charge in [-0.25, -0.2) is 4.79 Å². The predicted octanol–water partition coefficient (Wildman–Crippen LogP) is 4.11. The summed E-state index contributed by atoms with van der Waals surface area (Å²) in [6.45, 7) is 11.4. The summed E-state index contributed by atoms with van der Waals surface area (Å²) in [5, 5.41) is 12.0. The minimum absolute atomic E-state index is 0.0667. The van der Waals surface area contributed by atoms with Crippen molar-refractivity contribution in [2.24, 2.45) is 0 Å². The van der Waals surface area contributed by atoms with Gasteiger partial charge in [0.05, 0.1) is 31.4 Å². The molecule has 2 aromatic rings. The molecule has 1 unspecified atom stereocenters. The summed E-state index contributed by atoms with van der Waals surface area (Å²) in [4.78, 5) is 13.4. The number of nitrogens with zero attached hydrogens (tertiary/aromatic N) is 1. The first-order valence-corrected chi connectivity index (χ1v) is 13.0. The molecule has 0 bridgehead atoms. The molecule has 1 fully saturated rings. The molecule has 2 atom stereocenters. The summed E-state index contributed by atoms with van der Waals surface area (Å²) in [6.07, 6.45) is -0.283. The highest BCUT2D eigenvalue weighted by molar-refractivity contribution is 6.99. The standard InChI is InChI=1S/C25H35NO4Si/c1-19(2)30-21-16-20(26(17-21)24(27)28)18-29-31(25(3,4)5,22-12-8-6-9-13-22)23-14-10-7-11-15-23/h6-15,19-21H,16-18H2,1-5H3,(H,27,28)/t20-,21?/m1/s1. The molecular weight excluding hydrogens is 406 g/mol. The van der Waals surface area contributed by atoms with Gasteiger partial charge in [0.2, 0.25) is 0 Å². The fraction of sp³-hybridized carbons (Fsp3) is 0.480. The van der Waals surface area contributed by atoms with Gasteiger partial charge in [0.1, 0.15) is 0 Å². The smallest absolute Gasteiger partial charge is 0.407 e. The van der Waals surface area contributed by atoms with E-state index < -0.39 is 14.4 Å². The molecule has 1 aliphatic heterocycles. The maximum absolute atomic E-state index is 11.9. The highest BCUT2D eigenvalue weighted by atomic mass is 28.4. The fourth-order valence-corrected chi connectivity index (χ4v) is 9.33. The average molecular weight is 442 g/mol. The van der Waals surface area contributed by atoms with Crippen molar-refractivity contribution in [2.75, 3.05) is 13.2 Å². The number of ether oxygens (including phenoxy) is 1. The quantitative estimate of drug-likeness (QED) is 0.657. The van der Waals surface area contributed by atoms with Gasteiger partial charge in [0, 0.05) is 0 Å². The molecule has 0 aromatic heterocycles. The molecule has 168 valence electrons. The lowest BCUT2D eigenvalue weighted by molar-refractivity contribution is 0.0142. The maximum atomic E-state index is 11.9. The second-order valence-corrected chi connectivity index (χ2v) is 13.9. The van der Waals surface area contributed by atoms with E-state index in [-0.39, 0.29) is 23.3 Å². The van der Waals surface area contributed by atoms with Crippen LogP contribution in [0.1, 0.15) is 41.0 Å². The van der Waals surface area contributed by atoms with E-state index >= 15 is 0 Å². The first kappa shape index (κ1) is 23.5. The summed E-state index contributed by atoms with van der Waals surface area (Å²) >= 11 is 0. The molecule has 0 spiro atoms. The molecule has 1 N–H and O–H groups in total. The molecule has 5 nitrogen and oxygen atoms in total. The van der Waals surface area contributed by atoms with E-state index in [0.29, 0.717) is 19.6 Å². The molecule has 2 aromatic carbocycles. The van der Waals surface area contributed by atoms with Crippen molar-refractivity contribution in [1.29, 1.82) is 0 Å². The predicted molar refractivity (Wildman–Crippen MR) is 127 cm³/mol. The number of hydrogen-bond acceptors (Lipinski definition) is 3. The maximum Gasteiger partial charge on any atom is 0.407 e. The zero-order valence-corrected chi connectivity index (χ0v) is 20.2. The normalized spacial score (nSPS) is 19.7. The second kappa shape index (κ2) is 9.55. The average Bonchev–Trinajstić information content (AvgIpc) is 3.11. The van der Waals surface area contributed by atoms with Crippen LogP contribution in [0.25, 0.3) is 0 Å². The first-order valence-electron chi connectivity index (χ1n) is 11.0. The number of amides is 1. The Labute approximate surface area is 187 Å². The third kappa shape index (κ3) is 5.02. The van der Waals surface area contributed by atoms with Crippen LogP contribution in [0.5, 0.6) is 0 Å². The Morgan fingerprint density at radius 3 is 2.00 bits per heavy atom. The molecule has 1 amide bonds. The van der Waals surface area contributed by atoms with Crippen LogP contribution in [0.2, 0.25) is 5.04 Å². The van der Waals surface area contributed by atoms with E-state index in [1.807, 2.05) is 26.0 Å². The van der Waals surface area contributed by atoms with E-state index in [9.17, 15) is 9.90 Å². The highest BCUT2D eigenvalue weighted by Crippen LogP contribution is 2.37. The van der Waals surface area contributed by atoms with Crippen molar-refractivity contribution < 1.29 is 19.1 Å². The molecular formula is C25H35NO4Si. The van der Waals surface area contributed by atoms with Gasteiger partial charge in [0.15, 0.2) is 0 Å². The Hall–Kier alpha value is -2.15. The molecule has 3 rings (SSSR count). The largest absolute Gasteiger partial charge is 0.465 e. The molecule has 1 saturated heterocycles. The Morgan fingerprint density at radius 1 is 1.06 bits per heavy atom. The third-order valence-corrected chi connectivity index (χ3v) is 11.0. The van der Waals surface area contributed by atoms with Crippen LogP contribution in [0.3, 0.4) is 0 Å². The van der Waals surface area contributed by atoms with Gasteiger partial charge >= 0.3 is 6.09 Å². The highest BCUT2D eigenvalue weighted by Gasteiger charge is 2.51. The van der Waals surface area contributed by atoms with Crippen molar-refractivity contribution in [3.63, 3.8) is 0 Å². The monoisotopic (exact) mass is 441 g/mol. The Kier molecular flexibility index (Phi) is 7.24. The summed E-state index contributed by atoms with van der Waals surface area (Å²) < 4.78 is 12.9. The van der Waals surface area contributed by atoms with Crippen molar-refractivity contribution >= 4 is 24.8 Å². The summed E-state index contributed by atoms with van der Waals surface area (Å²) in [7, 11) is -2.70. The van der Waals surface area contributed by atoms with Crippen LogP contribution in [0, 0.1) is 0 Å². The minimum Gasteiger partial charge on any atom is -0.465 e. The van der Waals surface area contributed by atoms with Crippen molar-refractivity contribution in [2.45, 2.75) is 64.3 Å². The SMILES string of the molecule is CC(C)OC1C[C@H](CO[Si](c2ccccc2)(c2ccccc2)C(C)(C)C)N(C(=O)O)C1. The van der Waals surface area contributed by atoms with Crippen molar-refractivity contribution in [3.05, 3.63) is 60.7 Å². The lowest BCUT2D eigenvalue weighted by Crippen LogP contribution is -2.67. The van der Waals surface area contributed by atoms with Crippen LogP contribution in [-0.2, 0) is 9.16 Å². The second-order valence-electron chi connectivity index (χ2n) is 9.61.